The maximum Gasteiger partial charge on any atom is 0.119 e. The van der Waals surface area contributed by atoms with E-state index in [0.29, 0.717) is 27.9 Å². The quantitative estimate of drug-likeness (QED) is 0.420. The molecule has 2 aromatic carbocycles. The first-order chi connectivity index (χ1) is 13.6. The third kappa shape index (κ3) is 3.60. The Morgan fingerprint density at radius 2 is 1.89 bits per heavy atom. The van der Waals surface area contributed by atoms with Crippen molar-refractivity contribution in [3.63, 3.8) is 0 Å². The van der Waals surface area contributed by atoms with Gasteiger partial charge in [-0.3, -0.25) is 4.90 Å². The van der Waals surface area contributed by atoms with Crippen LogP contribution in [-0.2, 0) is 0 Å². The van der Waals surface area contributed by atoms with Gasteiger partial charge in [-0.1, -0.05) is 40.9 Å². The van der Waals surface area contributed by atoms with Crippen molar-refractivity contribution < 1.29 is 4.74 Å². The highest BCUT2D eigenvalue weighted by Gasteiger charge is 2.52. The van der Waals surface area contributed by atoms with Crippen molar-refractivity contribution in [1.82, 2.24) is 4.90 Å². The topological polar surface area (TPSA) is 12.5 Å². The molecule has 4 aliphatic rings. The molecule has 5 atom stereocenters. The first-order valence-corrected chi connectivity index (χ1v) is 11.7. The normalized spacial score (nSPS) is 32.1. The molecule has 6 rings (SSSR count). The third-order valence-corrected chi connectivity index (χ3v) is 8.08. The van der Waals surface area contributed by atoms with Crippen LogP contribution >= 0.6 is 45.8 Å². The Morgan fingerprint density at radius 1 is 1.07 bits per heavy atom. The van der Waals surface area contributed by atoms with Gasteiger partial charge < -0.3 is 4.74 Å². The Kier molecular flexibility index (Phi) is 5.37. The summed E-state index contributed by atoms with van der Waals surface area (Å²) >= 11 is 14.6. The van der Waals surface area contributed by atoms with Crippen molar-refractivity contribution in [2.45, 2.75) is 31.3 Å². The smallest absolute Gasteiger partial charge is 0.119 e. The summed E-state index contributed by atoms with van der Waals surface area (Å²) < 4.78 is 7.48. The first kappa shape index (κ1) is 19.2. The summed E-state index contributed by atoms with van der Waals surface area (Å²) in [4.78, 5) is 2.73. The van der Waals surface area contributed by atoms with Crippen molar-refractivity contribution in [3.05, 3.63) is 67.2 Å². The highest BCUT2D eigenvalue weighted by Crippen LogP contribution is 2.50. The molecule has 0 radical (unpaired) electrons. The van der Waals surface area contributed by atoms with Crippen LogP contribution in [0.3, 0.4) is 0 Å². The SMILES string of the molecule is Clc1ccc(/C=C2\CN3C4CCC3C(COc3ccc(I)cc3)C2C4)cc1Cl. The van der Waals surface area contributed by atoms with E-state index < -0.39 is 0 Å². The van der Waals surface area contributed by atoms with Crippen LogP contribution in [0.2, 0.25) is 10.0 Å². The molecule has 4 bridgehead atoms. The molecule has 0 saturated carbocycles. The number of ether oxygens (including phenoxy) is 1. The van der Waals surface area contributed by atoms with Crippen LogP contribution in [0.4, 0.5) is 0 Å². The van der Waals surface area contributed by atoms with Crippen molar-refractivity contribution in [3.8, 4) is 5.75 Å². The Hall–Kier alpha value is -0.750. The van der Waals surface area contributed by atoms with Crippen molar-refractivity contribution >= 4 is 51.9 Å². The molecule has 28 heavy (non-hydrogen) atoms. The number of benzene rings is 2. The van der Waals surface area contributed by atoms with Crippen LogP contribution in [0.5, 0.6) is 5.75 Å². The molecule has 146 valence electrons. The number of rotatable bonds is 4. The molecule has 0 N–H and O–H groups in total. The maximum atomic E-state index is 6.24. The zero-order chi connectivity index (χ0) is 19.3. The number of hydrogen-bond acceptors (Lipinski definition) is 2. The van der Waals surface area contributed by atoms with Crippen LogP contribution in [0.1, 0.15) is 24.8 Å². The lowest BCUT2D eigenvalue weighted by Crippen LogP contribution is -2.57. The van der Waals surface area contributed by atoms with Crippen LogP contribution in [-0.4, -0.2) is 30.1 Å². The molecule has 0 aliphatic carbocycles. The molecule has 2 aromatic rings. The molecular weight excluding hydrogens is 504 g/mol. The van der Waals surface area contributed by atoms with Gasteiger partial charge in [0.25, 0.3) is 0 Å². The summed E-state index contributed by atoms with van der Waals surface area (Å²) in [5.74, 6) is 2.13. The zero-order valence-electron chi connectivity index (χ0n) is 15.5. The lowest BCUT2D eigenvalue weighted by atomic mass is 9.71. The molecule has 4 saturated heterocycles. The number of nitrogens with zero attached hydrogens (tertiary/aromatic N) is 1. The Bertz CT molecular complexity index is 913. The Labute approximate surface area is 190 Å². The van der Waals surface area contributed by atoms with Gasteiger partial charge >= 0.3 is 0 Å². The second-order valence-corrected chi connectivity index (χ2v) is 10.2. The minimum Gasteiger partial charge on any atom is -0.493 e. The average molecular weight is 526 g/mol. The van der Waals surface area contributed by atoms with E-state index in [0.717, 1.165) is 30.5 Å². The van der Waals surface area contributed by atoms with Crippen molar-refractivity contribution in [2.24, 2.45) is 11.8 Å². The van der Waals surface area contributed by atoms with Gasteiger partial charge in [-0.05, 0) is 89.7 Å². The fraction of sp³-hybridized carbons (Fsp3) is 0.391. The highest BCUT2D eigenvalue weighted by atomic mass is 127. The number of hydrogen-bond donors (Lipinski definition) is 0. The van der Waals surface area contributed by atoms with Crippen LogP contribution in [0.25, 0.3) is 6.08 Å². The Morgan fingerprint density at radius 3 is 2.68 bits per heavy atom. The van der Waals surface area contributed by atoms with Crippen LogP contribution in [0.15, 0.2) is 48.0 Å². The van der Waals surface area contributed by atoms with E-state index in [9.17, 15) is 0 Å². The van der Waals surface area contributed by atoms with Gasteiger partial charge in [0, 0.05) is 28.1 Å². The van der Waals surface area contributed by atoms with Gasteiger partial charge in [0.05, 0.1) is 16.7 Å². The zero-order valence-corrected chi connectivity index (χ0v) is 19.1. The molecule has 0 spiro atoms. The number of fused-ring (bicyclic) bond motifs is 1. The third-order valence-electron chi connectivity index (χ3n) is 6.62. The molecule has 5 unspecified atom stereocenters. The molecule has 4 aliphatic heterocycles. The van der Waals surface area contributed by atoms with Gasteiger partial charge in [-0.2, -0.15) is 0 Å². The fourth-order valence-electron chi connectivity index (χ4n) is 5.34. The lowest BCUT2D eigenvalue weighted by molar-refractivity contribution is 0.00460. The standard InChI is InChI=1S/C23H22Cl2INO/c24-21-7-1-14(10-22(21)25)9-15-12-27-17-4-8-23(27)20(19(15)11-17)13-28-18-5-2-16(26)3-6-18/h1-3,5-7,9-10,17,19-20,23H,4,8,11-13H2/b15-9+. The van der Waals surface area contributed by atoms with E-state index in [2.05, 4.69) is 63.9 Å². The minimum absolute atomic E-state index is 0.556. The van der Waals surface area contributed by atoms with Gasteiger partial charge in [0.15, 0.2) is 0 Å². The van der Waals surface area contributed by atoms with E-state index >= 15 is 0 Å². The Balaban J connectivity index is 1.38. The van der Waals surface area contributed by atoms with Crippen molar-refractivity contribution in [2.75, 3.05) is 13.2 Å². The van der Waals surface area contributed by atoms with Gasteiger partial charge in [0.1, 0.15) is 5.75 Å². The summed E-state index contributed by atoms with van der Waals surface area (Å²) in [6.07, 6.45) is 6.23. The van der Waals surface area contributed by atoms with Crippen LogP contribution in [0, 0.1) is 15.4 Å². The molecule has 2 nitrogen and oxygen atoms in total. The molecule has 4 fully saturated rings. The largest absolute Gasteiger partial charge is 0.493 e. The molecule has 4 heterocycles. The minimum atomic E-state index is 0.556. The molecular formula is C23H22Cl2INO. The van der Waals surface area contributed by atoms with Gasteiger partial charge in [-0.25, -0.2) is 0 Å². The second kappa shape index (κ2) is 7.82. The average Bonchev–Trinajstić information content (AvgIpc) is 3.01. The highest BCUT2D eigenvalue weighted by molar-refractivity contribution is 14.1. The summed E-state index contributed by atoms with van der Waals surface area (Å²) in [5.41, 5.74) is 2.66. The fourth-order valence-corrected chi connectivity index (χ4v) is 6.00. The summed E-state index contributed by atoms with van der Waals surface area (Å²) in [6, 6.07) is 15.7. The van der Waals surface area contributed by atoms with Crippen molar-refractivity contribution in [1.29, 1.82) is 0 Å². The summed E-state index contributed by atoms with van der Waals surface area (Å²) in [6.45, 7) is 1.87. The molecule has 5 heteroatoms. The van der Waals surface area contributed by atoms with E-state index in [1.165, 1.54) is 28.4 Å². The van der Waals surface area contributed by atoms with Crippen LogP contribution < -0.4 is 4.74 Å². The monoisotopic (exact) mass is 525 g/mol. The van der Waals surface area contributed by atoms with Gasteiger partial charge in [0.2, 0.25) is 0 Å². The first-order valence-electron chi connectivity index (χ1n) is 9.88. The number of piperidine rings is 3. The maximum absolute atomic E-state index is 6.24. The predicted octanol–water partition coefficient (Wildman–Crippen LogP) is 6.54. The summed E-state index contributed by atoms with van der Waals surface area (Å²) in [5, 5.41) is 1.23. The summed E-state index contributed by atoms with van der Waals surface area (Å²) in [7, 11) is 0. The second-order valence-electron chi connectivity index (χ2n) is 8.13. The predicted molar refractivity (Wildman–Crippen MR) is 124 cm³/mol. The van der Waals surface area contributed by atoms with E-state index in [4.69, 9.17) is 27.9 Å². The van der Waals surface area contributed by atoms with Gasteiger partial charge in [-0.15, -0.1) is 0 Å². The van der Waals surface area contributed by atoms with E-state index in [1.807, 2.05) is 12.1 Å². The molecule has 0 amide bonds. The van der Waals surface area contributed by atoms with E-state index in [-0.39, 0.29) is 0 Å². The number of halogens is 3. The lowest BCUT2D eigenvalue weighted by Gasteiger charge is -2.51. The molecule has 0 aromatic heterocycles. The van der Waals surface area contributed by atoms with E-state index in [1.54, 1.807) is 0 Å².